The largest absolute Gasteiger partial charge is 0.303 e. The van der Waals surface area contributed by atoms with Gasteiger partial charge in [0.05, 0.1) is 22.7 Å². The summed E-state index contributed by atoms with van der Waals surface area (Å²) in [5.41, 5.74) is 3.01. The SMILES string of the molecule is CCCCCN1C(=O)C(=C2C(=O)N(Cc3ccc(Cl)cc3)c3ccccc32)SC1=S. The molecule has 1 saturated heterocycles. The number of benzene rings is 2. The molecule has 2 aromatic carbocycles. The normalized spacial score (nSPS) is 18.5. The molecular formula is C23H21ClN2O2S2. The Kier molecular flexibility index (Phi) is 6.27. The number of thioether (sulfide) groups is 1. The minimum atomic E-state index is -0.166. The minimum absolute atomic E-state index is 0.160. The van der Waals surface area contributed by atoms with E-state index in [2.05, 4.69) is 6.92 Å². The van der Waals surface area contributed by atoms with Crippen LogP contribution in [0.15, 0.2) is 53.4 Å². The zero-order valence-electron chi connectivity index (χ0n) is 16.6. The molecule has 0 aromatic heterocycles. The summed E-state index contributed by atoms with van der Waals surface area (Å²) < 4.78 is 0.528. The van der Waals surface area contributed by atoms with E-state index in [0.717, 1.165) is 36.1 Å². The van der Waals surface area contributed by atoms with Crippen molar-refractivity contribution in [1.29, 1.82) is 0 Å². The van der Waals surface area contributed by atoms with Crippen molar-refractivity contribution < 1.29 is 9.59 Å². The van der Waals surface area contributed by atoms with Crippen LogP contribution in [0.2, 0.25) is 5.02 Å². The van der Waals surface area contributed by atoms with Crippen LogP contribution in [0.1, 0.15) is 37.3 Å². The molecule has 0 saturated carbocycles. The summed E-state index contributed by atoms with van der Waals surface area (Å²) in [6.07, 6.45) is 3.01. The van der Waals surface area contributed by atoms with Crippen LogP contribution in [0, 0.1) is 0 Å². The van der Waals surface area contributed by atoms with Crippen LogP contribution in [-0.2, 0) is 16.1 Å². The second-order valence-corrected chi connectivity index (χ2v) is 9.35. The van der Waals surface area contributed by atoms with Crippen LogP contribution >= 0.6 is 35.6 Å². The first kappa shape index (κ1) is 21.1. The number of nitrogens with zero attached hydrogens (tertiary/aromatic N) is 2. The molecule has 0 unspecified atom stereocenters. The van der Waals surface area contributed by atoms with E-state index in [-0.39, 0.29) is 11.8 Å². The van der Waals surface area contributed by atoms with Gasteiger partial charge in [-0.05, 0) is 30.2 Å². The van der Waals surface area contributed by atoms with E-state index in [1.807, 2.05) is 48.5 Å². The zero-order valence-corrected chi connectivity index (χ0v) is 18.9. The van der Waals surface area contributed by atoms with Crippen molar-refractivity contribution in [3.05, 3.63) is 69.6 Å². The number of hydrogen-bond acceptors (Lipinski definition) is 4. The summed E-state index contributed by atoms with van der Waals surface area (Å²) in [6, 6.07) is 15.0. The van der Waals surface area contributed by atoms with Gasteiger partial charge in [-0.3, -0.25) is 14.5 Å². The van der Waals surface area contributed by atoms with Crippen LogP contribution in [0.4, 0.5) is 5.69 Å². The Bertz CT molecular complexity index is 1050. The number of rotatable bonds is 6. The van der Waals surface area contributed by atoms with E-state index in [1.165, 1.54) is 11.8 Å². The van der Waals surface area contributed by atoms with Gasteiger partial charge in [0.15, 0.2) is 0 Å². The van der Waals surface area contributed by atoms with Gasteiger partial charge in [-0.15, -0.1) is 0 Å². The predicted molar refractivity (Wildman–Crippen MR) is 127 cm³/mol. The average Bonchev–Trinajstić information content (AvgIpc) is 3.17. The van der Waals surface area contributed by atoms with Crippen molar-refractivity contribution in [1.82, 2.24) is 4.90 Å². The smallest absolute Gasteiger partial charge is 0.267 e. The highest BCUT2D eigenvalue weighted by Crippen LogP contribution is 2.45. The highest BCUT2D eigenvalue weighted by atomic mass is 35.5. The molecule has 0 bridgehead atoms. The number of hydrogen-bond donors (Lipinski definition) is 0. The number of thiocarbonyl (C=S) groups is 1. The lowest BCUT2D eigenvalue weighted by atomic mass is 10.1. The Morgan fingerprint density at radius 2 is 1.70 bits per heavy atom. The van der Waals surface area contributed by atoms with Gasteiger partial charge in [-0.25, -0.2) is 0 Å². The molecule has 2 aromatic rings. The lowest BCUT2D eigenvalue weighted by Gasteiger charge is -2.17. The Labute approximate surface area is 190 Å². The van der Waals surface area contributed by atoms with Crippen LogP contribution < -0.4 is 4.90 Å². The fourth-order valence-electron chi connectivity index (χ4n) is 3.69. The molecule has 154 valence electrons. The van der Waals surface area contributed by atoms with Gasteiger partial charge in [0, 0.05) is 17.1 Å². The summed E-state index contributed by atoms with van der Waals surface area (Å²) in [5, 5.41) is 0.652. The van der Waals surface area contributed by atoms with Gasteiger partial charge in [0.2, 0.25) is 0 Å². The summed E-state index contributed by atoms with van der Waals surface area (Å²) in [7, 11) is 0. The minimum Gasteiger partial charge on any atom is -0.303 e. The molecule has 2 amide bonds. The molecule has 2 aliphatic rings. The Hall–Kier alpha value is -2.15. The number of amides is 2. The predicted octanol–water partition coefficient (Wildman–Crippen LogP) is 5.65. The van der Waals surface area contributed by atoms with Crippen molar-refractivity contribution in [3.63, 3.8) is 0 Å². The fourth-order valence-corrected chi connectivity index (χ4v) is 5.20. The number of anilines is 1. The Morgan fingerprint density at radius 1 is 0.967 bits per heavy atom. The quantitative estimate of drug-likeness (QED) is 0.320. The molecule has 0 N–H and O–H groups in total. The molecule has 4 rings (SSSR count). The number of para-hydroxylation sites is 1. The highest BCUT2D eigenvalue weighted by molar-refractivity contribution is 8.26. The highest BCUT2D eigenvalue weighted by Gasteiger charge is 2.41. The van der Waals surface area contributed by atoms with E-state index in [1.54, 1.807) is 9.80 Å². The molecule has 0 aliphatic carbocycles. The van der Waals surface area contributed by atoms with Crippen LogP contribution in [0.25, 0.3) is 5.57 Å². The first-order chi connectivity index (χ1) is 14.5. The molecule has 0 atom stereocenters. The van der Waals surface area contributed by atoms with E-state index in [0.29, 0.717) is 32.9 Å². The molecule has 7 heteroatoms. The van der Waals surface area contributed by atoms with Crippen LogP contribution in [0.5, 0.6) is 0 Å². The van der Waals surface area contributed by atoms with E-state index in [9.17, 15) is 9.59 Å². The topological polar surface area (TPSA) is 40.6 Å². The summed E-state index contributed by atoms with van der Waals surface area (Å²) in [4.78, 5) is 30.4. The summed E-state index contributed by atoms with van der Waals surface area (Å²) in [5.74, 6) is -0.326. The molecule has 2 aliphatic heterocycles. The maximum Gasteiger partial charge on any atom is 0.267 e. The maximum atomic E-state index is 13.5. The van der Waals surface area contributed by atoms with E-state index >= 15 is 0 Å². The third-order valence-corrected chi connectivity index (χ3v) is 6.94. The molecule has 0 radical (unpaired) electrons. The monoisotopic (exact) mass is 456 g/mol. The lowest BCUT2D eigenvalue weighted by molar-refractivity contribution is -0.122. The third kappa shape index (κ3) is 3.92. The first-order valence-electron chi connectivity index (χ1n) is 9.95. The van der Waals surface area contributed by atoms with Gasteiger partial charge in [0.1, 0.15) is 4.32 Å². The zero-order chi connectivity index (χ0) is 21.3. The lowest BCUT2D eigenvalue weighted by Crippen LogP contribution is -2.30. The van der Waals surface area contributed by atoms with Crippen molar-refractivity contribution >= 4 is 63.0 Å². The fraction of sp³-hybridized carbons (Fsp3) is 0.261. The summed E-state index contributed by atoms with van der Waals surface area (Å²) >= 11 is 12.7. The van der Waals surface area contributed by atoms with Gasteiger partial charge in [-0.2, -0.15) is 0 Å². The number of halogens is 1. The standard InChI is InChI=1S/C23H21ClN2O2S2/c1-2-3-6-13-25-22(28)20(30-23(25)29)19-17-7-4-5-8-18(17)26(21(19)27)14-15-9-11-16(24)12-10-15/h4-5,7-12H,2-3,6,13-14H2,1H3. The van der Waals surface area contributed by atoms with E-state index < -0.39 is 0 Å². The van der Waals surface area contributed by atoms with Crippen molar-refractivity contribution in [2.75, 3.05) is 11.4 Å². The number of unbranched alkanes of at least 4 members (excludes halogenated alkanes) is 2. The Morgan fingerprint density at radius 3 is 2.43 bits per heavy atom. The molecular weight excluding hydrogens is 436 g/mol. The first-order valence-corrected chi connectivity index (χ1v) is 11.5. The van der Waals surface area contributed by atoms with Crippen LogP contribution in [0.3, 0.4) is 0 Å². The second kappa shape index (κ2) is 8.92. The van der Waals surface area contributed by atoms with Crippen molar-refractivity contribution in [2.24, 2.45) is 0 Å². The van der Waals surface area contributed by atoms with Gasteiger partial charge >= 0.3 is 0 Å². The second-order valence-electron chi connectivity index (χ2n) is 7.27. The van der Waals surface area contributed by atoms with Crippen molar-refractivity contribution in [3.8, 4) is 0 Å². The molecule has 2 heterocycles. The Balaban J connectivity index is 1.69. The third-order valence-electron chi connectivity index (χ3n) is 5.24. The van der Waals surface area contributed by atoms with Crippen LogP contribution in [-0.4, -0.2) is 27.6 Å². The molecule has 30 heavy (non-hydrogen) atoms. The van der Waals surface area contributed by atoms with Gasteiger partial charge < -0.3 is 4.90 Å². The van der Waals surface area contributed by atoms with E-state index in [4.69, 9.17) is 23.8 Å². The van der Waals surface area contributed by atoms with Gasteiger partial charge in [-0.1, -0.05) is 85.7 Å². The molecule has 1 fully saturated rings. The average molecular weight is 457 g/mol. The number of carbonyl (C=O) groups is 2. The maximum absolute atomic E-state index is 13.5. The van der Waals surface area contributed by atoms with Gasteiger partial charge in [0.25, 0.3) is 11.8 Å². The number of carbonyl (C=O) groups excluding carboxylic acids is 2. The summed E-state index contributed by atoms with van der Waals surface area (Å²) in [6.45, 7) is 3.13. The molecule has 4 nitrogen and oxygen atoms in total. The molecule has 0 spiro atoms. The number of fused-ring (bicyclic) bond motifs is 1. The van der Waals surface area contributed by atoms with Crippen molar-refractivity contribution in [2.45, 2.75) is 32.7 Å².